The molecule has 2 aromatic rings. The summed E-state index contributed by atoms with van der Waals surface area (Å²) in [7, 11) is 0. The molecular formula is C9H8N2O. The Labute approximate surface area is 69.7 Å². The average Bonchev–Trinajstić information content (AvgIpc) is 2.48. The van der Waals surface area contributed by atoms with Gasteiger partial charge in [0, 0.05) is 11.8 Å². The Hall–Kier alpha value is -1.64. The largest absolute Gasteiger partial charge is 0.303 e. The Balaban J connectivity index is 2.89. The molecule has 0 unspecified atom stereocenters. The summed E-state index contributed by atoms with van der Waals surface area (Å²) in [4.78, 5) is 14.7. The Morgan fingerprint density at radius 2 is 2.42 bits per heavy atom. The predicted molar refractivity (Wildman–Crippen MR) is 45.3 cm³/mol. The minimum atomic E-state index is 0.679. The Morgan fingerprint density at radius 3 is 3.17 bits per heavy atom. The van der Waals surface area contributed by atoms with Crippen molar-refractivity contribution in [1.29, 1.82) is 0 Å². The van der Waals surface area contributed by atoms with Gasteiger partial charge in [-0.25, -0.2) is 4.98 Å². The number of rotatable bonds is 1. The highest BCUT2D eigenvalue weighted by atomic mass is 16.1. The van der Waals surface area contributed by atoms with Gasteiger partial charge in [0.1, 0.15) is 5.82 Å². The van der Waals surface area contributed by atoms with Gasteiger partial charge in [0.25, 0.3) is 0 Å². The van der Waals surface area contributed by atoms with Crippen LogP contribution in [0.1, 0.15) is 16.2 Å². The van der Waals surface area contributed by atoms with Gasteiger partial charge in [0.2, 0.25) is 0 Å². The molecule has 0 fully saturated rings. The summed E-state index contributed by atoms with van der Waals surface area (Å²) < 4.78 is 1.89. The maximum atomic E-state index is 10.6. The third kappa shape index (κ3) is 0.830. The second-order valence-electron chi connectivity index (χ2n) is 2.64. The molecule has 0 aliphatic rings. The van der Waals surface area contributed by atoms with Gasteiger partial charge in [-0.05, 0) is 19.1 Å². The van der Waals surface area contributed by atoms with E-state index in [4.69, 9.17) is 0 Å². The molecule has 0 spiro atoms. The van der Waals surface area contributed by atoms with Gasteiger partial charge < -0.3 is 4.40 Å². The fourth-order valence-corrected chi connectivity index (χ4v) is 1.27. The Morgan fingerprint density at radius 1 is 1.58 bits per heavy atom. The van der Waals surface area contributed by atoms with E-state index >= 15 is 0 Å². The first-order chi connectivity index (χ1) is 5.83. The van der Waals surface area contributed by atoms with Crippen LogP contribution in [-0.2, 0) is 0 Å². The van der Waals surface area contributed by atoms with Crippen LogP contribution in [-0.4, -0.2) is 15.7 Å². The summed E-state index contributed by atoms with van der Waals surface area (Å²) in [5, 5.41) is 0. The topological polar surface area (TPSA) is 34.4 Å². The van der Waals surface area contributed by atoms with Crippen LogP contribution in [0.5, 0.6) is 0 Å². The lowest BCUT2D eigenvalue weighted by Gasteiger charge is -1.96. The predicted octanol–water partition coefficient (Wildman–Crippen LogP) is 1.46. The monoisotopic (exact) mass is 160 g/mol. The van der Waals surface area contributed by atoms with E-state index in [1.807, 2.05) is 23.6 Å². The van der Waals surface area contributed by atoms with Gasteiger partial charge >= 0.3 is 0 Å². The zero-order chi connectivity index (χ0) is 8.55. The summed E-state index contributed by atoms with van der Waals surface area (Å²) in [5.74, 6) is 0.897. The molecule has 0 atom stereocenters. The minimum Gasteiger partial charge on any atom is -0.303 e. The van der Waals surface area contributed by atoms with E-state index < -0.39 is 0 Å². The number of aryl methyl sites for hydroxylation is 1. The van der Waals surface area contributed by atoms with Gasteiger partial charge in [-0.15, -0.1) is 0 Å². The maximum absolute atomic E-state index is 10.6. The number of hydrogen-bond acceptors (Lipinski definition) is 2. The van der Waals surface area contributed by atoms with E-state index in [9.17, 15) is 4.79 Å². The van der Waals surface area contributed by atoms with Crippen molar-refractivity contribution < 1.29 is 4.79 Å². The normalized spacial score (nSPS) is 10.4. The molecule has 3 nitrogen and oxygen atoms in total. The Kier molecular flexibility index (Phi) is 1.43. The molecule has 12 heavy (non-hydrogen) atoms. The molecule has 0 aliphatic heterocycles. The minimum absolute atomic E-state index is 0.679. The smallest absolute Gasteiger partial charge is 0.152 e. The molecule has 0 aromatic carbocycles. The molecule has 0 radical (unpaired) electrons. The quantitative estimate of drug-likeness (QED) is 0.592. The number of carbonyl (C=O) groups is 1. The third-order valence-corrected chi connectivity index (χ3v) is 1.92. The summed E-state index contributed by atoms with van der Waals surface area (Å²) in [6.07, 6.45) is 4.44. The van der Waals surface area contributed by atoms with Crippen LogP contribution in [0.15, 0.2) is 24.5 Å². The summed E-state index contributed by atoms with van der Waals surface area (Å²) >= 11 is 0. The molecule has 2 rings (SSSR count). The van der Waals surface area contributed by atoms with Crippen LogP contribution in [0.2, 0.25) is 0 Å². The number of imidazole rings is 1. The SMILES string of the molecule is Cc1ncc2c(C=O)cccn12. The fourth-order valence-electron chi connectivity index (χ4n) is 1.27. The van der Waals surface area contributed by atoms with Crippen molar-refractivity contribution in [2.45, 2.75) is 6.92 Å². The molecule has 0 saturated carbocycles. The molecule has 2 heterocycles. The summed E-state index contributed by atoms with van der Waals surface area (Å²) in [6, 6.07) is 3.62. The third-order valence-electron chi connectivity index (χ3n) is 1.92. The second kappa shape index (κ2) is 2.44. The van der Waals surface area contributed by atoms with Crippen molar-refractivity contribution in [3.63, 3.8) is 0 Å². The van der Waals surface area contributed by atoms with Crippen LogP contribution in [0, 0.1) is 6.92 Å². The number of hydrogen-bond donors (Lipinski definition) is 0. The summed E-state index contributed by atoms with van der Waals surface area (Å²) in [5.41, 5.74) is 1.54. The molecule has 0 saturated heterocycles. The van der Waals surface area contributed by atoms with Crippen molar-refractivity contribution >= 4 is 11.8 Å². The first-order valence-corrected chi connectivity index (χ1v) is 3.71. The van der Waals surface area contributed by atoms with Crippen molar-refractivity contribution in [2.24, 2.45) is 0 Å². The van der Waals surface area contributed by atoms with Gasteiger partial charge in [-0.3, -0.25) is 4.79 Å². The zero-order valence-corrected chi connectivity index (χ0v) is 6.69. The van der Waals surface area contributed by atoms with Crippen LogP contribution in [0.4, 0.5) is 0 Å². The molecule has 60 valence electrons. The Bertz CT molecular complexity index is 431. The highest BCUT2D eigenvalue weighted by molar-refractivity contribution is 5.85. The molecule has 0 amide bonds. The van der Waals surface area contributed by atoms with Gasteiger partial charge in [-0.2, -0.15) is 0 Å². The number of pyridine rings is 1. The first kappa shape index (κ1) is 7.03. The standard InChI is InChI=1S/C9H8N2O/c1-7-10-5-9-8(6-12)3-2-4-11(7)9/h2-6H,1H3. The molecular weight excluding hydrogens is 152 g/mol. The van der Waals surface area contributed by atoms with Crippen molar-refractivity contribution in [2.75, 3.05) is 0 Å². The summed E-state index contributed by atoms with van der Waals surface area (Å²) in [6.45, 7) is 1.90. The highest BCUT2D eigenvalue weighted by Crippen LogP contribution is 2.09. The fraction of sp³-hybridized carbons (Fsp3) is 0.111. The zero-order valence-electron chi connectivity index (χ0n) is 6.69. The number of nitrogens with zero attached hydrogens (tertiary/aromatic N) is 2. The van der Waals surface area contributed by atoms with Gasteiger partial charge in [0.05, 0.1) is 11.7 Å². The lowest BCUT2D eigenvalue weighted by molar-refractivity contribution is 0.112. The van der Waals surface area contributed by atoms with Crippen LogP contribution in [0.25, 0.3) is 5.52 Å². The molecule has 0 N–H and O–H groups in total. The number of fused-ring (bicyclic) bond motifs is 1. The van der Waals surface area contributed by atoms with Crippen LogP contribution in [0.3, 0.4) is 0 Å². The van der Waals surface area contributed by atoms with E-state index in [0.29, 0.717) is 5.56 Å². The maximum Gasteiger partial charge on any atom is 0.152 e. The van der Waals surface area contributed by atoms with E-state index in [1.165, 1.54) is 0 Å². The van der Waals surface area contributed by atoms with E-state index in [2.05, 4.69) is 4.98 Å². The second-order valence-corrected chi connectivity index (χ2v) is 2.64. The average molecular weight is 160 g/mol. The highest BCUT2D eigenvalue weighted by Gasteiger charge is 2.01. The van der Waals surface area contributed by atoms with E-state index in [-0.39, 0.29) is 0 Å². The molecule has 0 aliphatic carbocycles. The number of aldehydes is 1. The van der Waals surface area contributed by atoms with Gasteiger partial charge in [-0.1, -0.05) is 0 Å². The number of aromatic nitrogens is 2. The molecule has 2 aromatic heterocycles. The van der Waals surface area contributed by atoms with Crippen molar-refractivity contribution in [3.8, 4) is 0 Å². The van der Waals surface area contributed by atoms with Gasteiger partial charge in [0.15, 0.2) is 6.29 Å². The first-order valence-electron chi connectivity index (χ1n) is 3.71. The molecule has 0 bridgehead atoms. The van der Waals surface area contributed by atoms with Crippen molar-refractivity contribution in [1.82, 2.24) is 9.38 Å². The number of carbonyl (C=O) groups excluding carboxylic acids is 1. The molecule has 3 heteroatoms. The lowest BCUT2D eigenvalue weighted by atomic mass is 10.2. The van der Waals surface area contributed by atoms with E-state index in [0.717, 1.165) is 17.6 Å². The van der Waals surface area contributed by atoms with Crippen molar-refractivity contribution in [3.05, 3.63) is 35.9 Å². The van der Waals surface area contributed by atoms with Crippen LogP contribution < -0.4 is 0 Å². The van der Waals surface area contributed by atoms with Crippen LogP contribution >= 0.6 is 0 Å². The van der Waals surface area contributed by atoms with E-state index in [1.54, 1.807) is 12.3 Å². The lowest BCUT2D eigenvalue weighted by Crippen LogP contribution is -1.90.